The Labute approximate surface area is 175 Å². The first-order chi connectivity index (χ1) is 12.9. The highest BCUT2D eigenvalue weighted by Crippen LogP contribution is 2.44. The van der Waals surface area contributed by atoms with Crippen LogP contribution < -0.4 is 4.72 Å². The average molecular weight is 450 g/mol. The molecule has 1 atom stereocenters. The van der Waals surface area contributed by atoms with Gasteiger partial charge in [-0.05, 0) is 38.0 Å². The van der Waals surface area contributed by atoms with Gasteiger partial charge in [0.05, 0.1) is 17.1 Å². The van der Waals surface area contributed by atoms with Crippen LogP contribution in [0.3, 0.4) is 0 Å². The minimum absolute atomic E-state index is 0.136. The molecule has 0 saturated heterocycles. The topological polar surface area (TPSA) is 52.2 Å². The van der Waals surface area contributed by atoms with Crippen LogP contribution in [0.25, 0.3) is 11.1 Å². The highest BCUT2D eigenvalue weighted by molar-refractivity contribution is 7.90. The van der Waals surface area contributed by atoms with Crippen molar-refractivity contribution < 1.29 is 22.5 Å². The van der Waals surface area contributed by atoms with Gasteiger partial charge in [-0.15, -0.1) is 17.4 Å². The third-order valence-electron chi connectivity index (χ3n) is 3.93. The summed E-state index contributed by atoms with van der Waals surface area (Å²) in [7, 11) is 0. The van der Waals surface area contributed by atoms with Gasteiger partial charge in [0.15, 0.2) is 6.29 Å². The van der Waals surface area contributed by atoms with E-state index in [0.29, 0.717) is 11.8 Å². The summed E-state index contributed by atoms with van der Waals surface area (Å²) in [6, 6.07) is 7.35. The van der Waals surface area contributed by atoms with Gasteiger partial charge in [-0.2, -0.15) is 13.2 Å². The van der Waals surface area contributed by atoms with E-state index in [2.05, 4.69) is 17.4 Å². The van der Waals surface area contributed by atoms with Crippen molar-refractivity contribution in [2.24, 2.45) is 0 Å². The third-order valence-corrected chi connectivity index (χ3v) is 6.43. The molecule has 0 aliphatic heterocycles. The van der Waals surface area contributed by atoms with E-state index < -0.39 is 32.7 Å². The van der Waals surface area contributed by atoms with E-state index >= 15 is 0 Å². The summed E-state index contributed by atoms with van der Waals surface area (Å²) in [5.41, 5.74) is 0.0780. The summed E-state index contributed by atoms with van der Waals surface area (Å²) < 4.78 is 54.7. The van der Waals surface area contributed by atoms with Gasteiger partial charge in [-0.25, -0.2) is 0 Å². The summed E-state index contributed by atoms with van der Waals surface area (Å²) in [5.74, 6) is 0. The van der Waals surface area contributed by atoms with E-state index in [1.165, 1.54) is 0 Å². The molecule has 0 bridgehead atoms. The van der Waals surface area contributed by atoms with Gasteiger partial charge in [0.2, 0.25) is 0 Å². The number of benzene rings is 2. The minimum Gasteiger partial charge on any atom is -0.598 e. The lowest BCUT2D eigenvalue weighted by atomic mass is 9.94. The Morgan fingerprint density at radius 1 is 1.25 bits per heavy atom. The van der Waals surface area contributed by atoms with Gasteiger partial charge < -0.3 is 4.55 Å². The summed E-state index contributed by atoms with van der Waals surface area (Å²) in [4.78, 5) is 11.0. The maximum atomic E-state index is 13.4. The second kappa shape index (κ2) is 8.67. The molecular weight excluding hydrogens is 431 g/mol. The van der Waals surface area contributed by atoms with Crippen LogP contribution >= 0.6 is 24.2 Å². The van der Waals surface area contributed by atoms with Crippen LogP contribution in [-0.2, 0) is 24.1 Å². The maximum absolute atomic E-state index is 13.4. The molecule has 1 N–H and O–H groups in total. The second-order valence-corrected chi connectivity index (χ2v) is 9.90. The van der Waals surface area contributed by atoms with Gasteiger partial charge >= 0.3 is 6.18 Å². The molecule has 2 aromatic carbocycles. The Morgan fingerprint density at radius 2 is 1.86 bits per heavy atom. The number of carbonyl (C=O) groups excluding carboxylic acids is 1. The molecule has 0 aromatic heterocycles. The zero-order chi connectivity index (χ0) is 21.3. The van der Waals surface area contributed by atoms with Crippen LogP contribution in [0.15, 0.2) is 35.2 Å². The van der Waals surface area contributed by atoms with Crippen molar-refractivity contribution in [2.75, 3.05) is 0 Å². The van der Waals surface area contributed by atoms with Crippen molar-refractivity contribution in [3.63, 3.8) is 0 Å². The lowest BCUT2D eigenvalue weighted by Crippen LogP contribution is -2.39. The van der Waals surface area contributed by atoms with Gasteiger partial charge in [-0.3, -0.25) is 4.79 Å². The normalized spacial score (nSPS) is 13.5. The predicted octanol–water partition coefficient (Wildman–Crippen LogP) is 5.68. The zero-order valence-corrected chi connectivity index (χ0v) is 17.8. The molecule has 0 spiro atoms. The molecule has 0 radical (unpaired) electrons. The maximum Gasteiger partial charge on any atom is 0.417 e. The highest BCUT2D eigenvalue weighted by Gasteiger charge is 2.36. The Bertz CT molecular complexity index is 883. The van der Waals surface area contributed by atoms with Crippen LogP contribution in [0.2, 0.25) is 5.02 Å². The Morgan fingerprint density at radius 3 is 2.39 bits per heavy atom. The summed E-state index contributed by atoms with van der Waals surface area (Å²) in [6.45, 7) is 5.08. The fraction of sp³-hybridized carbons (Fsp3) is 0.316. The largest absolute Gasteiger partial charge is 0.598 e. The van der Waals surface area contributed by atoms with Gasteiger partial charge in [0.1, 0.15) is 4.75 Å². The number of hydrogen-bond acceptors (Lipinski definition) is 4. The SMILES string of the molecule is CC(C)(C)[S+]([O-])NCc1cc(C(F)(F)F)c(S)c(Cl)c1-c1ccccc1C=O. The zero-order valence-electron chi connectivity index (χ0n) is 15.4. The standard InChI is InChI=1S/C19H19ClF3NO2S2/c1-18(2,3)28(26)24-9-12-8-14(19(21,22)23)17(27)16(20)15(12)13-7-5-4-6-11(13)10-25/h4-8,10,24,27H,9H2,1-3H3. The van der Waals surface area contributed by atoms with Gasteiger partial charge in [-0.1, -0.05) is 35.9 Å². The second-order valence-electron chi connectivity index (χ2n) is 7.03. The predicted molar refractivity (Wildman–Crippen MR) is 109 cm³/mol. The molecule has 152 valence electrons. The quantitative estimate of drug-likeness (QED) is 0.351. The van der Waals surface area contributed by atoms with E-state index in [9.17, 15) is 22.5 Å². The molecule has 0 aliphatic rings. The Hall–Kier alpha value is -1.19. The lowest BCUT2D eigenvalue weighted by Gasteiger charge is -2.25. The van der Waals surface area contributed by atoms with Crippen LogP contribution in [0.4, 0.5) is 13.2 Å². The summed E-state index contributed by atoms with van der Waals surface area (Å²) in [5, 5.41) is -0.217. The van der Waals surface area contributed by atoms with E-state index in [4.69, 9.17) is 11.6 Å². The first-order valence-electron chi connectivity index (χ1n) is 8.19. The number of aldehydes is 1. The molecule has 2 aromatic rings. The van der Waals surface area contributed by atoms with E-state index in [1.807, 2.05) is 0 Å². The number of thiol groups is 1. The van der Waals surface area contributed by atoms with Crippen LogP contribution in [0, 0.1) is 0 Å². The molecule has 0 aliphatic carbocycles. The van der Waals surface area contributed by atoms with Crippen LogP contribution in [-0.4, -0.2) is 15.6 Å². The number of carbonyl (C=O) groups is 1. The molecule has 0 amide bonds. The van der Waals surface area contributed by atoms with Crippen molar-refractivity contribution in [3.8, 4) is 11.1 Å². The smallest absolute Gasteiger partial charge is 0.417 e. The Balaban J connectivity index is 2.68. The molecule has 0 heterocycles. The van der Waals surface area contributed by atoms with Gasteiger partial charge in [0.25, 0.3) is 0 Å². The fourth-order valence-corrected chi connectivity index (χ4v) is 3.87. The first-order valence-corrected chi connectivity index (χ1v) is 10.2. The molecule has 3 nitrogen and oxygen atoms in total. The van der Waals surface area contributed by atoms with E-state index in [1.54, 1.807) is 45.0 Å². The number of hydrogen-bond donors (Lipinski definition) is 2. The minimum atomic E-state index is -4.67. The molecule has 28 heavy (non-hydrogen) atoms. The van der Waals surface area contributed by atoms with Crippen LogP contribution in [0.1, 0.15) is 42.3 Å². The third kappa shape index (κ3) is 5.04. The molecule has 2 rings (SSSR count). The number of alkyl halides is 3. The van der Waals surface area contributed by atoms with Gasteiger partial charge in [0, 0.05) is 27.4 Å². The molecule has 1 unspecified atom stereocenters. The van der Waals surface area contributed by atoms with Crippen molar-refractivity contribution in [1.29, 1.82) is 0 Å². The van der Waals surface area contributed by atoms with E-state index in [0.717, 1.165) is 6.07 Å². The van der Waals surface area contributed by atoms with Crippen molar-refractivity contribution in [3.05, 3.63) is 52.0 Å². The van der Waals surface area contributed by atoms with Crippen molar-refractivity contribution in [1.82, 2.24) is 4.72 Å². The van der Waals surface area contributed by atoms with Crippen molar-refractivity contribution >= 4 is 41.9 Å². The highest BCUT2D eigenvalue weighted by atomic mass is 35.5. The van der Waals surface area contributed by atoms with Crippen LogP contribution in [0.5, 0.6) is 0 Å². The average Bonchev–Trinajstić information content (AvgIpc) is 2.60. The number of nitrogens with one attached hydrogen (secondary N) is 1. The Kier molecular flexibility index (Phi) is 7.15. The molecule has 9 heteroatoms. The molecule has 0 fully saturated rings. The monoisotopic (exact) mass is 449 g/mol. The molecular formula is C19H19ClF3NO2S2. The first kappa shape index (κ1) is 23.1. The lowest BCUT2D eigenvalue weighted by molar-refractivity contribution is -0.139. The number of halogens is 4. The van der Waals surface area contributed by atoms with E-state index in [-0.39, 0.29) is 28.3 Å². The number of rotatable bonds is 5. The molecule has 0 saturated carbocycles. The van der Waals surface area contributed by atoms with Crippen molar-refractivity contribution in [2.45, 2.75) is 43.1 Å². The summed E-state index contributed by atoms with van der Waals surface area (Å²) in [6.07, 6.45) is -4.06. The fourth-order valence-electron chi connectivity index (χ4n) is 2.53. The summed E-state index contributed by atoms with van der Waals surface area (Å²) >= 11 is 8.74.